The third-order valence-electron chi connectivity index (χ3n) is 4.49. The van der Waals surface area contributed by atoms with Crippen molar-refractivity contribution in [3.8, 4) is 0 Å². The standard InChI is InChI=1S/C21H34N6/c1-4-22-21(23-13-5-6-15-27-16-25-26-17-27)24-14-7-8-19-9-11-20(12-10-19)18(2)3/h9-12,16-18H,4-8,13-15H2,1-3H3,(H2,22,23,24). The molecule has 1 aromatic carbocycles. The maximum atomic E-state index is 4.69. The Balaban J connectivity index is 1.64. The summed E-state index contributed by atoms with van der Waals surface area (Å²) in [4.78, 5) is 4.69. The number of nitrogens with one attached hydrogen (secondary N) is 2. The van der Waals surface area contributed by atoms with Crippen molar-refractivity contribution < 1.29 is 0 Å². The summed E-state index contributed by atoms with van der Waals surface area (Å²) in [5.41, 5.74) is 2.79. The minimum Gasteiger partial charge on any atom is -0.357 e. The van der Waals surface area contributed by atoms with Crippen LogP contribution < -0.4 is 10.6 Å². The minimum atomic E-state index is 0.592. The molecular formula is C21H34N6. The molecule has 148 valence electrons. The molecule has 0 saturated heterocycles. The molecule has 2 aromatic rings. The molecule has 0 fully saturated rings. The smallest absolute Gasteiger partial charge is 0.191 e. The number of benzene rings is 1. The van der Waals surface area contributed by atoms with Gasteiger partial charge in [0, 0.05) is 26.2 Å². The number of aliphatic imine (C=N–C) groups is 1. The summed E-state index contributed by atoms with van der Waals surface area (Å²) < 4.78 is 2.01. The van der Waals surface area contributed by atoms with E-state index in [0.29, 0.717) is 5.92 Å². The van der Waals surface area contributed by atoms with Crippen LogP contribution in [0.4, 0.5) is 0 Å². The molecule has 0 spiro atoms. The molecule has 27 heavy (non-hydrogen) atoms. The zero-order valence-electron chi connectivity index (χ0n) is 17.0. The van der Waals surface area contributed by atoms with E-state index in [1.807, 2.05) is 4.57 Å². The van der Waals surface area contributed by atoms with Crippen molar-refractivity contribution in [3.05, 3.63) is 48.0 Å². The molecule has 6 nitrogen and oxygen atoms in total. The Kier molecular flexibility index (Phi) is 9.38. The van der Waals surface area contributed by atoms with E-state index >= 15 is 0 Å². The molecular weight excluding hydrogens is 336 g/mol. The zero-order chi connectivity index (χ0) is 19.3. The number of aryl methyl sites for hydroxylation is 2. The molecule has 1 aromatic heterocycles. The number of guanidine groups is 1. The quantitative estimate of drug-likeness (QED) is 0.361. The Morgan fingerprint density at radius 3 is 2.44 bits per heavy atom. The summed E-state index contributed by atoms with van der Waals surface area (Å²) >= 11 is 0. The average molecular weight is 371 g/mol. The fourth-order valence-electron chi connectivity index (χ4n) is 2.85. The summed E-state index contributed by atoms with van der Waals surface area (Å²) in [6.45, 7) is 10.1. The number of aromatic nitrogens is 3. The Labute approximate surface area is 163 Å². The molecule has 6 heteroatoms. The SMILES string of the molecule is CCNC(=NCCCc1ccc(C(C)C)cc1)NCCCCn1cnnc1. The van der Waals surface area contributed by atoms with Gasteiger partial charge in [0.05, 0.1) is 0 Å². The third-order valence-corrected chi connectivity index (χ3v) is 4.49. The molecule has 0 radical (unpaired) electrons. The highest BCUT2D eigenvalue weighted by molar-refractivity contribution is 5.79. The summed E-state index contributed by atoms with van der Waals surface area (Å²) in [6.07, 6.45) is 7.83. The molecule has 1 heterocycles. The van der Waals surface area contributed by atoms with E-state index in [1.165, 1.54) is 11.1 Å². The number of rotatable bonds is 11. The first-order valence-corrected chi connectivity index (χ1v) is 10.1. The van der Waals surface area contributed by atoms with Crippen molar-refractivity contribution in [2.45, 2.75) is 58.9 Å². The van der Waals surface area contributed by atoms with Gasteiger partial charge in [-0.15, -0.1) is 10.2 Å². The Bertz CT molecular complexity index is 646. The van der Waals surface area contributed by atoms with Gasteiger partial charge in [0.2, 0.25) is 0 Å². The second kappa shape index (κ2) is 12.1. The Hall–Kier alpha value is -2.37. The van der Waals surface area contributed by atoms with Crippen LogP contribution in [0, 0.1) is 0 Å². The maximum absolute atomic E-state index is 4.69. The van der Waals surface area contributed by atoms with Crippen LogP contribution in [0.5, 0.6) is 0 Å². The summed E-state index contributed by atoms with van der Waals surface area (Å²) in [5, 5.41) is 14.4. The lowest BCUT2D eigenvalue weighted by atomic mass is 10.0. The van der Waals surface area contributed by atoms with E-state index in [2.05, 4.69) is 65.9 Å². The van der Waals surface area contributed by atoms with Gasteiger partial charge < -0.3 is 15.2 Å². The van der Waals surface area contributed by atoms with Gasteiger partial charge in [-0.1, -0.05) is 38.1 Å². The van der Waals surface area contributed by atoms with E-state index in [0.717, 1.165) is 57.8 Å². The highest BCUT2D eigenvalue weighted by atomic mass is 15.2. The van der Waals surface area contributed by atoms with E-state index < -0.39 is 0 Å². The summed E-state index contributed by atoms with van der Waals surface area (Å²) in [7, 11) is 0. The van der Waals surface area contributed by atoms with Crippen LogP contribution in [-0.2, 0) is 13.0 Å². The largest absolute Gasteiger partial charge is 0.357 e. The van der Waals surface area contributed by atoms with E-state index in [9.17, 15) is 0 Å². The van der Waals surface area contributed by atoms with Gasteiger partial charge in [0.1, 0.15) is 12.7 Å². The lowest BCUT2D eigenvalue weighted by Gasteiger charge is -2.11. The predicted octanol–water partition coefficient (Wildman–Crippen LogP) is 3.37. The second-order valence-electron chi connectivity index (χ2n) is 7.09. The van der Waals surface area contributed by atoms with Crippen molar-refractivity contribution in [1.82, 2.24) is 25.4 Å². The molecule has 0 saturated carbocycles. The Morgan fingerprint density at radius 1 is 1.04 bits per heavy atom. The van der Waals surface area contributed by atoms with Crippen LogP contribution in [0.1, 0.15) is 57.1 Å². The van der Waals surface area contributed by atoms with Crippen molar-refractivity contribution in [2.24, 2.45) is 4.99 Å². The maximum Gasteiger partial charge on any atom is 0.191 e. The van der Waals surface area contributed by atoms with Crippen LogP contribution >= 0.6 is 0 Å². The molecule has 0 bridgehead atoms. The van der Waals surface area contributed by atoms with Crippen molar-refractivity contribution >= 4 is 5.96 Å². The van der Waals surface area contributed by atoms with Crippen molar-refractivity contribution in [2.75, 3.05) is 19.6 Å². The number of nitrogens with zero attached hydrogens (tertiary/aromatic N) is 4. The molecule has 0 amide bonds. The topological polar surface area (TPSA) is 67.1 Å². The normalized spacial score (nSPS) is 11.8. The lowest BCUT2D eigenvalue weighted by molar-refractivity contribution is 0.597. The molecule has 0 unspecified atom stereocenters. The van der Waals surface area contributed by atoms with Gasteiger partial charge >= 0.3 is 0 Å². The van der Waals surface area contributed by atoms with E-state index in [4.69, 9.17) is 4.99 Å². The highest BCUT2D eigenvalue weighted by Crippen LogP contribution is 2.15. The van der Waals surface area contributed by atoms with Crippen LogP contribution in [0.3, 0.4) is 0 Å². The van der Waals surface area contributed by atoms with Crippen LogP contribution in [-0.4, -0.2) is 40.4 Å². The van der Waals surface area contributed by atoms with Crippen LogP contribution in [0.15, 0.2) is 41.9 Å². The molecule has 0 aliphatic carbocycles. The zero-order valence-corrected chi connectivity index (χ0v) is 17.0. The van der Waals surface area contributed by atoms with Crippen molar-refractivity contribution in [3.63, 3.8) is 0 Å². The van der Waals surface area contributed by atoms with Gasteiger partial charge in [-0.3, -0.25) is 4.99 Å². The minimum absolute atomic E-state index is 0.592. The Morgan fingerprint density at radius 2 is 1.78 bits per heavy atom. The molecule has 0 aliphatic rings. The van der Waals surface area contributed by atoms with Gasteiger partial charge in [-0.2, -0.15) is 0 Å². The van der Waals surface area contributed by atoms with Gasteiger partial charge in [-0.25, -0.2) is 0 Å². The fourth-order valence-corrected chi connectivity index (χ4v) is 2.85. The van der Waals surface area contributed by atoms with Crippen molar-refractivity contribution in [1.29, 1.82) is 0 Å². The highest BCUT2D eigenvalue weighted by Gasteiger charge is 2.00. The number of hydrogen-bond donors (Lipinski definition) is 2. The van der Waals surface area contributed by atoms with E-state index in [-0.39, 0.29) is 0 Å². The van der Waals surface area contributed by atoms with Gasteiger partial charge in [0.15, 0.2) is 5.96 Å². The summed E-state index contributed by atoms with van der Waals surface area (Å²) in [5.74, 6) is 1.51. The van der Waals surface area contributed by atoms with Gasteiger partial charge in [0.25, 0.3) is 0 Å². The van der Waals surface area contributed by atoms with Gasteiger partial charge in [-0.05, 0) is 49.7 Å². The third kappa shape index (κ3) is 8.24. The summed E-state index contributed by atoms with van der Waals surface area (Å²) in [6, 6.07) is 8.99. The molecule has 0 aliphatic heterocycles. The van der Waals surface area contributed by atoms with Crippen LogP contribution in [0.2, 0.25) is 0 Å². The lowest BCUT2D eigenvalue weighted by Crippen LogP contribution is -2.38. The first-order valence-electron chi connectivity index (χ1n) is 10.1. The van der Waals surface area contributed by atoms with E-state index in [1.54, 1.807) is 12.7 Å². The monoisotopic (exact) mass is 370 g/mol. The molecule has 2 N–H and O–H groups in total. The number of hydrogen-bond acceptors (Lipinski definition) is 3. The predicted molar refractivity (Wildman–Crippen MR) is 112 cm³/mol. The average Bonchev–Trinajstić information content (AvgIpc) is 3.18. The molecule has 2 rings (SSSR count). The fraction of sp³-hybridized carbons (Fsp3) is 0.571. The second-order valence-corrected chi connectivity index (χ2v) is 7.09. The molecule has 0 atom stereocenters. The number of unbranched alkanes of at least 4 members (excludes halogenated alkanes) is 1. The first-order chi connectivity index (χ1) is 13.2. The van der Waals surface area contributed by atoms with Crippen LogP contribution in [0.25, 0.3) is 0 Å². The first kappa shape index (κ1) is 20.9.